The van der Waals surface area contributed by atoms with E-state index in [0.717, 1.165) is 104 Å². The molecule has 0 radical (unpaired) electrons. The van der Waals surface area contributed by atoms with Gasteiger partial charge in [-0.3, -0.25) is 4.90 Å². The van der Waals surface area contributed by atoms with Crippen LogP contribution in [0, 0.1) is 23.7 Å². The highest BCUT2D eigenvalue weighted by Gasteiger charge is 2.38. The maximum absolute atomic E-state index is 5.29. The van der Waals surface area contributed by atoms with Crippen LogP contribution in [0.2, 0.25) is 0 Å². The van der Waals surface area contributed by atoms with Crippen LogP contribution in [0.25, 0.3) is 44.1 Å². The highest BCUT2D eigenvalue weighted by Crippen LogP contribution is 2.34. The van der Waals surface area contributed by atoms with Crippen LogP contribution in [-0.2, 0) is 6.54 Å². The number of hydrogen-bond donors (Lipinski definition) is 1. The van der Waals surface area contributed by atoms with Crippen molar-refractivity contribution in [1.82, 2.24) is 30.2 Å². The lowest BCUT2D eigenvalue weighted by molar-refractivity contribution is 0.314. The third-order valence-electron chi connectivity index (χ3n) is 13.1. The molecule has 0 unspecified atom stereocenters. The fraction of sp³-hybridized carbons (Fsp3) is 0.320. The molecule has 7 aromatic rings. The van der Waals surface area contributed by atoms with Gasteiger partial charge in [-0.25, -0.2) is 19.9 Å². The maximum atomic E-state index is 5.29. The normalized spacial score (nSPS) is 21.5. The molecule has 1 N–H and O–H groups in total. The number of aromatic nitrogens is 4. The third-order valence-corrected chi connectivity index (χ3v) is 13.1. The minimum absolute atomic E-state index is 0.667. The molecular formula is C50H52N8O. The van der Waals surface area contributed by atoms with Crippen LogP contribution in [-0.4, -0.2) is 84.3 Å². The van der Waals surface area contributed by atoms with Crippen molar-refractivity contribution in [1.29, 1.82) is 0 Å². The average molecular weight is 781 g/mol. The molecule has 9 nitrogen and oxygen atoms in total. The van der Waals surface area contributed by atoms with Crippen LogP contribution in [0.5, 0.6) is 5.75 Å². The fourth-order valence-corrected chi connectivity index (χ4v) is 9.80. The van der Waals surface area contributed by atoms with Crippen LogP contribution >= 0.6 is 0 Å². The first-order chi connectivity index (χ1) is 29.1. The fourth-order valence-electron chi connectivity index (χ4n) is 9.80. The average Bonchev–Trinajstić information content (AvgIpc) is 3.95. The molecule has 4 aliphatic heterocycles. The molecule has 0 amide bonds. The standard InChI is InChI=1S/C29H30N4O.C21H22N4/c1-34-27-10-6-21(7-11-27)17-32-18-25-13-15-33(20-26(25)19-32)29-30-14-12-28(31-29)24-9-8-22-4-2-3-5-23(22)16-24;1-2-4-16-11-17(6-5-15(16)3-1)20-7-9-23-21(24-20)25-10-8-18-12-22-13-19(18)14-25/h2-12,14,16,25-26H,13,15,17-20H2,1H3;1-7,9,11,18-19,22H,8,10,12-14H2/t25-,26-;18-,19-/m11/s1. The van der Waals surface area contributed by atoms with Crippen molar-refractivity contribution >= 4 is 33.4 Å². The summed E-state index contributed by atoms with van der Waals surface area (Å²) in [6.07, 6.45) is 6.24. The molecule has 2 aromatic heterocycles. The molecular weight excluding hydrogens is 729 g/mol. The molecule has 4 aliphatic rings. The molecule has 0 aliphatic carbocycles. The Balaban J connectivity index is 0.000000149. The molecule has 4 saturated heterocycles. The maximum Gasteiger partial charge on any atom is 0.225 e. The Kier molecular flexibility index (Phi) is 10.6. The SMILES string of the molecule is COc1ccc(CN2C[C@H]3CCN(c4nccc(-c5ccc6ccccc6c5)n4)C[C@H]3C2)cc1.c1ccc2cc(-c3ccnc(N4CC[C@@H]5CNC[C@@H]5C4)n3)ccc2c1. The second kappa shape index (κ2) is 16.8. The van der Waals surface area contributed by atoms with E-state index < -0.39 is 0 Å². The van der Waals surface area contributed by atoms with E-state index in [9.17, 15) is 0 Å². The second-order valence-corrected chi connectivity index (χ2v) is 16.8. The molecule has 0 saturated carbocycles. The number of rotatable bonds is 7. The summed E-state index contributed by atoms with van der Waals surface area (Å²) < 4.78 is 5.29. The van der Waals surface area contributed by atoms with E-state index in [1.165, 1.54) is 53.0 Å². The first-order valence-corrected chi connectivity index (χ1v) is 21.3. The van der Waals surface area contributed by atoms with Crippen LogP contribution in [0.4, 0.5) is 11.9 Å². The molecule has 11 rings (SSSR count). The Hall–Kier alpha value is -5.90. The minimum Gasteiger partial charge on any atom is -0.497 e. The van der Waals surface area contributed by atoms with E-state index in [4.69, 9.17) is 14.7 Å². The van der Waals surface area contributed by atoms with Crippen molar-refractivity contribution in [2.75, 3.05) is 69.3 Å². The molecule has 6 heterocycles. The second-order valence-electron chi connectivity index (χ2n) is 16.8. The Labute approximate surface area is 347 Å². The first-order valence-electron chi connectivity index (χ1n) is 21.3. The van der Waals surface area contributed by atoms with Gasteiger partial charge in [-0.15, -0.1) is 0 Å². The highest BCUT2D eigenvalue weighted by molar-refractivity contribution is 5.87. The van der Waals surface area contributed by atoms with Crippen molar-refractivity contribution in [3.63, 3.8) is 0 Å². The summed E-state index contributed by atoms with van der Waals surface area (Å²) in [6, 6.07) is 42.5. The van der Waals surface area contributed by atoms with Crippen molar-refractivity contribution in [2.45, 2.75) is 19.4 Å². The Morgan fingerprint density at radius 3 is 1.71 bits per heavy atom. The predicted octanol–water partition coefficient (Wildman–Crippen LogP) is 8.61. The zero-order valence-electron chi connectivity index (χ0n) is 33.8. The molecule has 0 spiro atoms. The Morgan fingerprint density at radius 2 is 1.10 bits per heavy atom. The lowest BCUT2D eigenvalue weighted by Crippen LogP contribution is -2.40. The molecule has 0 bridgehead atoms. The van der Waals surface area contributed by atoms with Gasteiger partial charge in [0.05, 0.1) is 18.5 Å². The number of hydrogen-bond acceptors (Lipinski definition) is 9. The Morgan fingerprint density at radius 1 is 0.559 bits per heavy atom. The monoisotopic (exact) mass is 780 g/mol. The van der Waals surface area contributed by atoms with Gasteiger partial charge in [-0.05, 0) is 113 Å². The summed E-state index contributed by atoms with van der Waals surface area (Å²) in [5.74, 6) is 5.65. The van der Waals surface area contributed by atoms with E-state index in [2.05, 4.69) is 139 Å². The number of nitrogens with one attached hydrogen (secondary N) is 1. The topological polar surface area (TPSA) is 82.5 Å². The summed E-state index contributed by atoms with van der Waals surface area (Å²) in [4.78, 5) is 26.4. The summed E-state index contributed by atoms with van der Waals surface area (Å²) in [5, 5.41) is 8.52. The van der Waals surface area contributed by atoms with Gasteiger partial charge < -0.3 is 19.9 Å². The molecule has 5 aromatic carbocycles. The number of nitrogens with zero attached hydrogens (tertiary/aromatic N) is 7. The summed E-state index contributed by atoms with van der Waals surface area (Å²) >= 11 is 0. The van der Waals surface area contributed by atoms with Gasteiger partial charge in [0.1, 0.15) is 5.75 Å². The first kappa shape index (κ1) is 37.4. The molecule has 9 heteroatoms. The number of fused-ring (bicyclic) bond motifs is 4. The van der Waals surface area contributed by atoms with Gasteiger partial charge in [0.2, 0.25) is 11.9 Å². The van der Waals surface area contributed by atoms with E-state index in [1.807, 2.05) is 24.5 Å². The van der Waals surface area contributed by atoms with Gasteiger partial charge in [0.25, 0.3) is 0 Å². The molecule has 4 fully saturated rings. The van der Waals surface area contributed by atoms with Gasteiger partial charge in [0.15, 0.2) is 0 Å². The summed E-state index contributed by atoms with van der Waals surface area (Å²) in [7, 11) is 1.72. The highest BCUT2D eigenvalue weighted by atomic mass is 16.5. The van der Waals surface area contributed by atoms with Crippen LogP contribution < -0.4 is 19.9 Å². The molecule has 298 valence electrons. The molecule has 4 atom stereocenters. The van der Waals surface area contributed by atoms with E-state index in [0.29, 0.717) is 5.92 Å². The largest absolute Gasteiger partial charge is 0.497 e. The zero-order valence-corrected chi connectivity index (χ0v) is 33.8. The van der Waals surface area contributed by atoms with Gasteiger partial charge in [-0.1, -0.05) is 84.9 Å². The Bertz CT molecular complexity index is 2540. The van der Waals surface area contributed by atoms with Gasteiger partial charge >= 0.3 is 0 Å². The van der Waals surface area contributed by atoms with Crippen molar-refractivity contribution in [3.8, 4) is 28.3 Å². The third kappa shape index (κ3) is 8.22. The number of anilines is 2. The lowest BCUT2D eigenvalue weighted by Gasteiger charge is -2.34. The van der Waals surface area contributed by atoms with E-state index >= 15 is 0 Å². The smallest absolute Gasteiger partial charge is 0.225 e. The van der Waals surface area contributed by atoms with Gasteiger partial charge in [0, 0.05) is 69.3 Å². The van der Waals surface area contributed by atoms with E-state index in [-0.39, 0.29) is 0 Å². The minimum atomic E-state index is 0.667. The number of piperidine rings is 2. The van der Waals surface area contributed by atoms with Crippen LogP contribution in [0.15, 0.2) is 134 Å². The summed E-state index contributed by atoms with van der Waals surface area (Å²) in [6.45, 7) is 9.82. The summed E-state index contributed by atoms with van der Waals surface area (Å²) in [5.41, 5.74) is 5.64. The number of benzene rings is 5. The zero-order chi connectivity index (χ0) is 39.5. The van der Waals surface area contributed by atoms with Gasteiger partial charge in [-0.2, -0.15) is 0 Å². The number of likely N-dealkylation sites (tertiary alicyclic amines) is 1. The van der Waals surface area contributed by atoms with Crippen LogP contribution in [0.3, 0.4) is 0 Å². The van der Waals surface area contributed by atoms with Crippen molar-refractivity contribution in [3.05, 3.63) is 139 Å². The number of ether oxygens (including phenoxy) is 1. The van der Waals surface area contributed by atoms with Crippen LogP contribution in [0.1, 0.15) is 18.4 Å². The number of methoxy groups -OCH3 is 1. The van der Waals surface area contributed by atoms with Crippen molar-refractivity contribution < 1.29 is 4.74 Å². The van der Waals surface area contributed by atoms with E-state index in [1.54, 1.807) is 7.11 Å². The molecule has 59 heavy (non-hydrogen) atoms. The lowest BCUT2D eigenvalue weighted by atomic mass is 9.89. The predicted molar refractivity (Wildman–Crippen MR) is 239 cm³/mol. The van der Waals surface area contributed by atoms with Crippen molar-refractivity contribution in [2.24, 2.45) is 23.7 Å². The quantitative estimate of drug-likeness (QED) is 0.171.